The van der Waals surface area contributed by atoms with Crippen LogP contribution in [0.3, 0.4) is 0 Å². The first-order valence-corrected chi connectivity index (χ1v) is 11.1. The summed E-state index contributed by atoms with van der Waals surface area (Å²) in [5.74, 6) is 0.0352. The van der Waals surface area contributed by atoms with E-state index in [-0.39, 0.29) is 11.2 Å². The number of carbonyl (C=O) groups excluding carboxylic acids is 1. The lowest BCUT2D eigenvalue weighted by atomic mass is 9.68. The molecule has 1 aromatic heterocycles. The molecule has 154 valence electrons. The van der Waals surface area contributed by atoms with E-state index in [1.165, 1.54) is 0 Å². The molecule has 1 aromatic carbocycles. The van der Waals surface area contributed by atoms with Crippen LogP contribution in [-0.2, 0) is 4.79 Å². The summed E-state index contributed by atoms with van der Waals surface area (Å²) in [6.07, 6.45) is 1.14. The van der Waals surface area contributed by atoms with Gasteiger partial charge < -0.3 is 5.73 Å². The van der Waals surface area contributed by atoms with Crippen LogP contribution in [0.2, 0.25) is 5.02 Å². The highest BCUT2D eigenvalue weighted by molar-refractivity contribution is 7.12. The van der Waals surface area contributed by atoms with Crippen molar-refractivity contribution >= 4 is 34.4 Å². The molecule has 1 aliphatic carbocycles. The van der Waals surface area contributed by atoms with Crippen LogP contribution in [0.15, 0.2) is 53.0 Å². The lowest BCUT2D eigenvalue weighted by Gasteiger charge is -2.43. The van der Waals surface area contributed by atoms with E-state index in [0.29, 0.717) is 34.8 Å². The molecule has 0 saturated heterocycles. The number of thiophene rings is 1. The number of hydrogen-bond donors (Lipinski definition) is 1. The maximum absolute atomic E-state index is 13.5. The van der Waals surface area contributed by atoms with E-state index < -0.39 is 5.92 Å². The number of rotatable bonds is 2. The number of benzene rings is 1. The molecule has 2 N–H and O–H groups in total. The first-order valence-electron chi connectivity index (χ1n) is 9.91. The van der Waals surface area contributed by atoms with E-state index in [4.69, 9.17) is 17.3 Å². The van der Waals surface area contributed by atoms with Crippen molar-refractivity contribution in [3.63, 3.8) is 0 Å². The lowest BCUT2D eigenvalue weighted by Crippen LogP contribution is -2.42. The van der Waals surface area contributed by atoms with Crippen molar-refractivity contribution in [2.75, 3.05) is 4.90 Å². The van der Waals surface area contributed by atoms with Gasteiger partial charge in [-0.05, 0) is 55.5 Å². The van der Waals surface area contributed by atoms with Gasteiger partial charge in [0.2, 0.25) is 0 Å². The third-order valence-electron chi connectivity index (χ3n) is 5.84. The van der Waals surface area contributed by atoms with Crippen LogP contribution < -0.4 is 10.6 Å². The second-order valence-electron chi connectivity index (χ2n) is 8.83. The van der Waals surface area contributed by atoms with Gasteiger partial charge in [-0.3, -0.25) is 9.69 Å². The summed E-state index contributed by atoms with van der Waals surface area (Å²) in [7, 11) is 0. The molecule has 30 heavy (non-hydrogen) atoms. The van der Waals surface area contributed by atoms with Gasteiger partial charge in [0.15, 0.2) is 5.78 Å². The number of ketones is 1. The van der Waals surface area contributed by atoms with Gasteiger partial charge in [0.1, 0.15) is 5.82 Å². The minimum absolute atomic E-state index is 0.0850. The molecule has 2 heterocycles. The zero-order chi connectivity index (χ0) is 21.8. The third-order valence-corrected chi connectivity index (χ3v) is 7.05. The minimum Gasteiger partial charge on any atom is -0.384 e. The average Bonchev–Trinajstić information content (AvgIpc) is 2.97. The summed E-state index contributed by atoms with van der Waals surface area (Å²) in [5, 5.41) is 10.7. The first kappa shape index (κ1) is 20.7. The molecule has 0 saturated carbocycles. The fourth-order valence-electron chi connectivity index (χ4n) is 4.67. The predicted octanol–water partition coefficient (Wildman–Crippen LogP) is 5.96. The Kier molecular flexibility index (Phi) is 5.04. The Morgan fingerprint density at radius 1 is 1.27 bits per heavy atom. The van der Waals surface area contributed by atoms with Gasteiger partial charge in [0, 0.05) is 38.2 Å². The van der Waals surface area contributed by atoms with Gasteiger partial charge in [-0.2, -0.15) is 5.26 Å². The van der Waals surface area contributed by atoms with Crippen molar-refractivity contribution in [3.8, 4) is 6.07 Å². The van der Waals surface area contributed by atoms with Crippen molar-refractivity contribution in [3.05, 3.63) is 73.3 Å². The Hall–Kier alpha value is -2.55. The van der Waals surface area contributed by atoms with Gasteiger partial charge >= 0.3 is 0 Å². The number of carbonyl (C=O) groups is 1. The van der Waals surface area contributed by atoms with E-state index in [1.807, 2.05) is 36.9 Å². The number of anilines is 1. The van der Waals surface area contributed by atoms with E-state index in [9.17, 15) is 10.1 Å². The molecule has 0 radical (unpaired) electrons. The highest BCUT2D eigenvalue weighted by atomic mass is 35.5. The summed E-state index contributed by atoms with van der Waals surface area (Å²) >= 11 is 7.94. The normalized spacial score (nSPS) is 21.0. The number of hydrogen-bond acceptors (Lipinski definition) is 5. The molecule has 1 aliphatic heterocycles. The van der Waals surface area contributed by atoms with Gasteiger partial charge in [-0.25, -0.2) is 0 Å². The van der Waals surface area contributed by atoms with Crippen molar-refractivity contribution < 1.29 is 4.79 Å². The molecule has 1 unspecified atom stereocenters. The maximum atomic E-state index is 13.5. The summed E-state index contributed by atoms with van der Waals surface area (Å²) in [6.45, 7) is 8.28. The van der Waals surface area contributed by atoms with Gasteiger partial charge in [0.05, 0.1) is 17.6 Å². The topological polar surface area (TPSA) is 70.1 Å². The molecule has 0 fully saturated rings. The van der Waals surface area contributed by atoms with Crippen molar-refractivity contribution in [2.45, 2.75) is 46.5 Å². The monoisotopic (exact) mass is 437 g/mol. The first-order chi connectivity index (χ1) is 14.1. The van der Waals surface area contributed by atoms with E-state index in [2.05, 4.69) is 26.0 Å². The summed E-state index contributed by atoms with van der Waals surface area (Å²) in [5.41, 5.74) is 10.2. The molecule has 2 aromatic rings. The summed E-state index contributed by atoms with van der Waals surface area (Å²) in [6, 6.07) is 11.8. The molecule has 4 nitrogen and oxygen atoms in total. The molecule has 6 heteroatoms. The van der Waals surface area contributed by atoms with Crippen molar-refractivity contribution in [1.82, 2.24) is 0 Å². The second kappa shape index (κ2) is 7.30. The van der Waals surface area contributed by atoms with Crippen LogP contribution in [-0.4, -0.2) is 5.78 Å². The minimum atomic E-state index is -0.422. The highest BCUT2D eigenvalue weighted by Crippen LogP contribution is 2.51. The second-order valence-corrected chi connectivity index (χ2v) is 10.7. The largest absolute Gasteiger partial charge is 0.384 e. The number of nitriles is 1. The average molecular weight is 438 g/mol. The van der Waals surface area contributed by atoms with Crippen molar-refractivity contribution in [2.24, 2.45) is 11.1 Å². The molecular formula is C24H24ClN3OS. The van der Waals surface area contributed by atoms with Gasteiger partial charge in [-0.1, -0.05) is 31.5 Å². The fraction of sp³-hybridized carbons (Fsp3) is 0.333. The molecule has 1 atom stereocenters. The summed E-state index contributed by atoms with van der Waals surface area (Å²) < 4.78 is 0. The lowest BCUT2D eigenvalue weighted by molar-refractivity contribution is -0.118. The smallest absolute Gasteiger partial charge is 0.162 e. The van der Waals surface area contributed by atoms with Crippen LogP contribution in [0.25, 0.3) is 0 Å². The molecule has 0 bridgehead atoms. The number of aryl methyl sites for hydroxylation is 2. The number of nitrogens with two attached hydrogens (primary N) is 1. The molecule has 0 spiro atoms. The Morgan fingerprint density at radius 3 is 2.60 bits per heavy atom. The Labute approximate surface area is 186 Å². The SMILES string of the molecule is Cc1cc(C2C(C#N)=C(N)N(c3cccc(Cl)c3)C3=C2C(=O)CC(C)(C)C3)c(C)s1. The third kappa shape index (κ3) is 3.34. The summed E-state index contributed by atoms with van der Waals surface area (Å²) in [4.78, 5) is 17.6. The Balaban J connectivity index is 2.03. The Morgan fingerprint density at radius 2 is 2.00 bits per heavy atom. The predicted molar refractivity (Wildman–Crippen MR) is 122 cm³/mol. The van der Waals surface area contributed by atoms with Crippen LogP contribution in [0.1, 0.15) is 47.9 Å². The van der Waals surface area contributed by atoms with E-state index in [1.54, 1.807) is 17.4 Å². The van der Waals surface area contributed by atoms with Crippen molar-refractivity contribution in [1.29, 1.82) is 5.26 Å². The van der Waals surface area contributed by atoms with Gasteiger partial charge in [-0.15, -0.1) is 11.3 Å². The van der Waals surface area contributed by atoms with Crippen LogP contribution in [0.4, 0.5) is 5.69 Å². The number of halogens is 1. The van der Waals surface area contributed by atoms with Crippen LogP contribution >= 0.6 is 22.9 Å². The van der Waals surface area contributed by atoms with Crippen LogP contribution in [0, 0.1) is 30.6 Å². The van der Waals surface area contributed by atoms with Crippen LogP contribution in [0.5, 0.6) is 0 Å². The molecular weight excluding hydrogens is 414 g/mol. The Bertz CT molecular complexity index is 1170. The number of Topliss-reactive ketones (excluding diaryl/α,β-unsaturated/α-hetero) is 1. The quantitative estimate of drug-likeness (QED) is 0.629. The van der Waals surface area contributed by atoms with Gasteiger partial charge in [0.25, 0.3) is 0 Å². The molecule has 0 amide bonds. The number of allylic oxidation sites excluding steroid dienone is 3. The maximum Gasteiger partial charge on any atom is 0.162 e. The fourth-order valence-corrected chi connectivity index (χ4v) is 5.82. The van der Waals surface area contributed by atoms with E-state index >= 15 is 0 Å². The molecule has 2 aliphatic rings. The zero-order valence-electron chi connectivity index (χ0n) is 17.5. The zero-order valence-corrected chi connectivity index (χ0v) is 19.1. The molecule has 4 rings (SSSR count). The number of nitrogens with zero attached hydrogens (tertiary/aromatic N) is 2. The highest BCUT2D eigenvalue weighted by Gasteiger charge is 2.45. The standard InChI is InChI=1S/C24H24ClN3OS/c1-13-8-17(14(2)30-13)21-18(12-26)23(27)28(16-7-5-6-15(25)9-16)19-10-24(3,4)11-20(29)22(19)21/h5-9,21H,10-11,27H2,1-4H3. The van der Waals surface area contributed by atoms with E-state index in [0.717, 1.165) is 26.7 Å².